The quantitative estimate of drug-likeness (QED) is 0.746. The van der Waals surface area contributed by atoms with Gasteiger partial charge in [-0.25, -0.2) is 0 Å². The van der Waals surface area contributed by atoms with E-state index < -0.39 is 0 Å². The molecule has 1 aliphatic rings. The fraction of sp³-hybridized carbons (Fsp3) is 0.250. The highest BCUT2D eigenvalue weighted by Gasteiger charge is 2.28. The lowest BCUT2D eigenvalue weighted by molar-refractivity contribution is -0.117. The van der Waals surface area contributed by atoms with Crippen molar-refractivity contribution in [3.05, 3.63) is 53.5 Å². The number of rotatable bonds is 4. The van der Waals surface area contributed by atoms with Gasteiger partial charge in [-0.15, -0.1) is 11.3 Å². The van der Waals surface area contributed by atoms with Crippen LogP contribution in [0.4, 0.5) is 11.4 Å². The number of benzene rings is 1. The first-order chi connectivity index (χ1) is 13.0. The second-order valence-electron chi connectivity index (χ2n) is 6.67. The molecule has 1 fully saturated rings. The second kappa shape index (κ2) is 7.00. The van der Waals surface area contributed by atoms with Gasteiger partial charge in [0.15, 0.2) is 0 Å². The maximum Gasteiger partial charge on any atom is 0.273 e. The van der Waals surface area contributed by atoms with Crippen LogP contribution >= 0.6 is 11.3 Å². The largest absolute Gasteiger partial charge is 0.321 e. The van der Waals surface area contributed by atoms with Gasteiger partial charge >= 0.3 is 0 Å². The van der Waals surface area contributed by atoms with Gasteiger partial charge in [0, 0.05) is 30.9 Å². The van der Waals surface area contributed by atoms with E-state index in [1.807, 2.05) is 53.6 Å². The first-order valence-electron chi connectivity index (χ1n) is 8.84. The molecule has 2 amide bonds. The van der Waals surface area contributed by atoms with Crippen LogP contribution in [-0.4, -0.2) is 27.6 Å². The molecular formula is C20H20N4O2S. The van der Waals surface area contributed by atoms with E-state index in [9.17, 15) is 9.59 Å². The minimum atomic E-state index is -0.217. The fourth-order valence-electron chi connectivity index (χ4n) is 3.35. The van der Waals surface area contributed by atoms with Crippen molar-refractivity contribution in [2.45, 2.75) is 25.8 Å². The number of aryl methyl sites for hydroxylation is 1. The normalized spacial score (nSPS) is 16.7. The highest BCUT2D eigenvalue weighted by atomic mass is 32.1. The number of carbonyl (C=O) groups excluding carboxylic acids is 2. The highest BCUT2D eigenvalue weighted by Crippen LogP contribution is 2.28. The monoisotopic (exact) mass is 380 g/mol. The van der Waals surface area contributed by atoms with Crippen molar-refractivity contribution in [3.8, 4) is 10.6 Å². The Labute approximate surface area is 161 Å². The van der Waals surface area contributed by atoms with Gasteiger partial charge in [-0.05, 0) is 55.1 Å². The topological polar surface area (TPSA) is 67.2 Å². The summed E-state index contributed by atoms with van der Waals surface area (Å²) in [7, 11) is 1.76. The van der Waals surface area contributed by atoms with Crippen LogP contribution in [0.5, 0.6) is 0 Å². The molecular weight excluding hydrogens is 360 g/mol. The molecule has 1 aliphatic heterocycles. The molecule has 1 atom stereocenters. The Hall–Kier alpha value is -2.93. The summed E-state index contributed by atoms with van der Waals surface area (Å²) >= 11 is 1.59. The Morgan fingerprint density at radius 1 is 1.26 bits per heavy atom. The van der Waals surface area contributed by atoms with Crippen molar-refractivity contribution < 1.29 is 9.59 Å². The van der Waals surface area contributed by atoms with Crippen molar-refractivity contribution in [2.24, 2.45) is 7.05 Å². The van der Waals surface area contributed by atoms with E-state index in [1.54, 1.807) is 29.1 Å². The smallest absolute Gasteiger partial charge is 0.273 e. The van der Waals surface area contributed by atoms with E-state index in [-0.39, 0.29) is 17.9 Å². The van der Waals surface area contributed by atoms with E-state index in [0.29, 0.717) is 17.8 Å². The predicted molar refractivity (Wildman–Crippen MR) is 107 cm³/mol. The average Bonchev–Trinajstić information content (AvgIpc) is 3.37. The van der Waals surface area contributed by atoms with Crippen LogP contribution in [0.1, 0.15) is 30.3 Å². The summed E-state index contributed by atoms with van der Waals surface area (Å²) in [6.45, 7) is 2.05. The zero-order valence-electron chi connectivity index (χ0n) is 15.2. The number of hydrogen-bond acceptors (Lipinski definition) is 4. The predicted octanol–water partition coefficient (Wildman–Crippen LogP) is 3.92. The lowest BCUT2D eigenvalue weighted by atomic mass is 10.2. The van der Waals surface area contributed by atoms with Gasteiger partial charge in [0.05, 0.1) is 4.88 Å². The van der Waals surface area contributed by atoms with Crippen molar-refractivity contribution in [3.63, 3.8) is 0 Å². The van der Waals surface area contributed by atoms with Crippen molar-refractivity contribution in [1.82, 2.24) is 9.78 Å². The molecule has 6 nitrogen and oxygen atoms in total. The number of carbonyl (C=O) groups is 2. The molecule has 1 saturated heterocycles. The van der Waals surface area contributed by atoms with E-state index in [0.717, 1.165) is 22.7 Å². The van der Waals surface area contributed by atoms with Crippen LogP contribution in [0.3, 0.4) is 0 Å². The van der Waals surface area contributed by atoms with Crippen LogP contribution in [0, 0.1) is 0 Å². The lowest BCUT2D eigenvalue weighted by Crippen LogP contribution is -2.30. The molecule has 27 heavy (non-hydrogen) atoms. The number of nitrogens with one attached hydrogen (secondary N) is 1. The second-order valence-corrected chi connectivity index (χ2v) is 7.62. The highest BCUT2D eigenvalue weighted by molar-refractivity contribution is 7.13. The summed E-state index contributed by atoms with van der Waals surface area (Å²) < 4.78 is 1.59. The molecule has 0 bridgehead atoms. The molecule has 0 unspecified atom stereocenters. The Morgan fingerprint density at radius 3 is 2.67 bits per heavy atom. The molecule has 3 aromatic rings. The number of amides is 2. The lowest BCUT2D eigenvalue weighted by Gasteiger charge is -2.21. The number of aromatic nitrogens is 2. The molecule has 0 saturated carbocycles. The maximum absolute atomic E-state index is 12.6. The van der Waals surface area contributed by atoms with Crippen molar-refractivity contribution in [1.29, 1.82) is 0 Å². The Kier molecular flexibility index (Phi) is 4.53. The summed E-state index contributed by atoms with van der Waals surface area (Å²) in [4.78, 5) is 27.5. The minimum Gasteiger partial charge on any atom is -0.321 e. The summed E-state index contributed by atoms with van der Waals surface area (Å²) in [5.41, 5.74) is 2.82. The molecule has 0 radical (unpaired) electrons. The molecule has 3 heterocycles. The van der Waals surface area contributed by atoms with Crippen LogP contribution < -0.4 is 10.2 Å². The summed E-state index contributed by atoms with van der Waals surface area (Å²) in [6.07, 6.45) is 1.47. The molecule has 138 valence electrons. The van der Waals surface area contributed by atoms with Crippen LogP contribution in [0.15, 0.2) is 47.8 Å². The zero-order chi connectivity index (χ0) is 19.0. The average molecular weight is 380 g/mol. The summed E-state index contributed by atoms with van der Waals surface area (Å²) in [5, 5.41) is 9.30. The first kappa shape index (κ1) is 17.5. The Morgan fingerprint density at radius 2 is 2.04 bits per heavy atom. The number of anilines is 2. The van der Waals surface area contributed by atoms with Gasteiger partial charge in [-0.2, -0.15) is 5.10 Å². The third-order valence-electron chi connectivity index (χ3n) is 4.77. The molecule has 0 spiro atoms. The number of hydrogen-bond donors (Lipinski definition) is 1. The molecule has 1 aromatic carbocycles. The first-order valence-corrected chi connectivity index (χ1v) is 9.72. The molecule has 1 N–H and O–H groups in total. The van der Waals surface area contributed by atoms with Gasteiger partial charge in [0.2, 0.25) is 5.91 Å². The van der Waals surface area contributed by atoms with Crippen molar-refractivity contribution in [2.75, 3.05) is 10.2 Å². The van der Waals surface area contributed by atoms with E-state index >= 15 is 0 Å². The molecule has 2 aromatic heterocycles. The van der Waals surface area contributed by atoms with E-state index in [1.165, 1.54) is 0 Å². The van der Waals surface area contributed by atoms with Gasteiger partial charge in [0.25, 0.3) is 5.91 Å². The fourth-order valence-corrected chi connectivity index (χ4v) is 4.03. The third kappa shape index (κ3) is 3.38. The summed E-state index contributed by atoms with van der Waals surface area (Å²) in [5.74, 6) is -0.0681. The Bertz CT molecular complexity index is 976. The van der Waals surface area contributed by atoms with Gasteiger partial charge in [-0.3, -0.25) is 14.3 Å². The Balaban J connectivity index is 1.49. The standard InChI is InChI=1S/C20H20N4O2S/c1-13-5-10-19(25)24(13)15-8-6-14(7-9-15)21-20(26)17-12-16(22-23(17)2)18-4-3-11-27-18/h3-4,6-9,11-13H,5,10H2,1-2H3,(H,21,26)/t13-/m0/s1. The zero-order valence-corrected chi connectivity index (χ0v) is 16.0. The third-order valence-corrected chi connectivity index (χ3v) is 5.67. The molecule has 7 heteroatoms. The minimum absolute atomic E-state index is 0.148. The SMILES string of the molecule is C[C@H]1CCC(=O)N1c1ccc(NC(=O)c2cc(-c3cccs3)nn2C)cc1. The van der Waals surface area contributed by atoms with Crippen molar-refractivity contribution >= 4 is 34.5 Å². The van der Waals surface area contributed by atoms with Crippen LogP contribution in [-0.2, 0) is 11.8 Å². The van der Waals surface area contributed by atoms with E-state index in [2.05, 4.69) is 10.4 Å². The van der Waals surface area contributed by atoms with Gasteiger partial charge < -0.3 is 10.2 Å². The van der Waals surface area contributed by atoms with Crippen LogP contribution in [0.25, 0.3) is 10.6 Å². The van der Waals surface area contributed by atoms with E-state index in [4.69, 9.17) is 0 Å². The number of nitrogens with zero attached hydrogens (tertiary/aromatic N) is 3. The van der Waals surface area contributed by atoms with Gasteiger partial charge in [-0.1, -0.05) is 6.07 Å². The maximum atomic E-state index is 12.6. The van der Waals surface area contributed by atoms with Crippen LogP contribution in [0.2, 0.25) is 0 Å². The number of thiophene rings is 1. The molecule has 4 rings (SSSR count). The molecule has 0 aliphatic carbocycles. The summed E-state index contributed by atoms with van der Waals surface area (Å²) in [6, 6.07) is 13.3. The van der Waals surface area contributed by atoms with Gasteiger partial charge in [0.1, 0.15) is 11.4 Å².